The van der Waals surface area contributed by atoms with Crippen molar-refractivity contribution in [3.63, 3.8) is 0 Å². The Hall–Kier alpha value is -6.05. The van der Waals surface area contributed by atoms with Crippen LogP contribution in [-0.4, -0.2) is 5.78 Å². The Balaban J connectivity index is 1.10. The smallest absolute Gasteiger partial charge is 0.167 e. The molecule has 0 heterocycles. The number of fused-ring (bicyclic) bond motifs is 11. The minimum absolute atomic E-state index is 0.192. The van der Waals surface area contributed by atoms with Crippen molar-refractivity contribution in [2.75, 3.05) is 0 Å². The van der Waals surface area contributed by atoms with E-state index in [2.05, 4.69) is 146 Å². The molecule has 11 rings (SSSR count). The van der Waals surface area contributed by atoms with Gasteiger partial charge in [0.25, 0.3) is 0 Å². The van der Waals surface area contributed by atoms with Crippen molar-refractivity contribution in [1.29, 1.82) is 0 Å². The van der Waals surface area contributed by atoms with Crippen LogP contribution in [0.15, 0.2) is 146 Å². The highest BCUT2D eigenvalue weighted by atomic mass is 16.1. The molecule has 1 heteroatoms. The summed E-state index contributed by atoms with van der Waals surface area (Å²) < 4.78 is 0. The van der Waals surface area contributed by atoms with Crippen molar-refractivity contribution in [2.45, 2.75) is 6.42 Å². The van der Waals surface area contributed by atoms with Crippen LogP contribution >= 0.6 is 0 Å². The van der Waals surface area contributed by atoms with Gasteiger partial charge in [0, 0.05) is 12.0 Å². The van der Waals surface area contributed by atoms with Gasteiger partial charge in [-0.25, -0.2) is 0 Å². The maximum atomic E-state index is 13.7. The first-order valence-corrected chi connectivity index (χ1v) is 16.3. The molecule has 0 radical (unpaired) electrons. The lowest BCUT2D eigenvalue weighted by Gasteiger charge is -2.21. The Morgan fingerprint density at radius 2 is 0.553 bits per heavy atom. The first-order chi connectivity index (χ1) is 23.1. The maximum Gasteiger partial charge on any atom is 0.167 e. The molecule has 1 aliphatic rings. The van der Waals surface area contributed by atoms with E-state index in [1.807, 2.05) is 0 Å². The van der Waals surface area contributed by atoms with Crippen LogP contribution in [-0.2, 0) is 6.42 Å². The van der Waals surface area contributed by atoms with E-state index in [9.17, 15) is 4.79 Å². The van der Waals surface area contributed by atoms with E-state index in [1.165, 1.54) is 81.0 Å². The van der Waals surface area contributed by atoms with Crippen molar-refractivity contribution < 1.29 is 4.79 Å². The molecular weight excluding hydrogens is 569 g/mol. The van der Waals surface area contributed by atoms with E-state index in [1.54, 1.807) is 0 Å². The number of carbonyl (C=O) groups is 1. The third-order valence-corrected chi connectivity index (χ3v) is 10.5. The molecule has 0 amide bonds. The zero-order valence-corrected chi connectivity index (χ0v) is 25.5. The van der Waals surface area contributed by atoms with E-state index in [0.29, 0.717) is 6.42 Å². The molecule has 0 bridgehead atoms. The molecule has 47 heavy (non-hydrogen) atoms. The predicted octanol–water partition coefficient (Wildman–Crippen LogP) is 12.3. The van der Waals surface area contributed by atoms with E-state index < -0.39 is 0 Å². The summed E-state index contributed by atoms with van der Waals surface area (Å²) in [6.07, 6.45) is 0.427. The summed E-state index contributed by atoms with van der Waals surface area (Å²) in [6, 6.07) is 53.5. The summed E-state index contributed by atoms with van der Waals surface area (Å²) in [5.74, 6) is 0.192. The molecule has 1 nitrogen and oxygen atoms in total. The first-order valence-electron chi connectivity index (χ1n) is 16.3. The summed E-state index contributed by atoms with van der Waals surface area (Å²) in [6.45, 7) is 0. The molecule has 0 aromatic heterocycles. The Bertz CT molecular complexity index is 3050. The Kier molecular flexibility index (Phi) is 4.83. The van der Waals surface area contributed by atoms with E-state index in [4.69, 9.17) is 0 Å². The van der Waals surface area contributed by atoms with Gasteiger partial charge in [-0.2, -0.15) is 0 Å². The molecule has 216 valence electrons. The molecule has 0 aliphatic heterocycles. The molecular formula is C46H26O. The van der Waals surface area contributed by atoms with Gasteiger partial charge in [0.2, 0.25) is 0 Å². The fraction of sp³-hybridized carbons (Fsp3) is 0.0217. The van der Waals surface area contributed by atoms with E-state index in [0.717, 1.165) is 27.5 Å². The zero-order chi connectivity index (χ0) is 30.8. The summed E-state index contributed by atoms with van der Waals surface area (Å²) in [5.41, 5.74) is 4.15. The van der Waals surface area contributed by atoms with Gasteiger partial charge in [-0.15, -0.1) is 0 Å². The van der Waals surface area contributed by atoms with Crippen LogP contribution in [0.3, 0.4) is 0 Å². The van der Waals surface area contributed by atoms with Crippen LogP contribution in [0.2, 0.25) is 0 Å². The molecule has 10 aromatic carbocycles. The van der Waals surface area contributed by atoms with Crippen LogP contribution in [0, 0.1) is 0 Å². The third-order valence-electron chi connectivity index (χ3n) is 10.5. The Morgan fingerprint density at radius 3 is 0.936 bits per heavy atom. The highest BCUT2D eigenvalue weighted by Gasteiger charge is 2.24. The normalized spacial score (nSPS) is 13.1. The largest absolute Gasteiger partial charge is 0.294 e. The topological polar surface area (TPSA) is 17.1 Å². The van der Waals surface area contributed by atoms with E-state index >= 15 is 0 Å². The van der Waals surface area contributed by atoms with Crippen LogP contribution in [0.5, 0.6) is 0 Å². The first kappa shape index (κ1) is 25.2. The summed E-state index contributed by atoms with van der Waals surface area (Å²) in [5, 5.41) is 19.5. The Morgan fingerprint density at radius 1 is 0.277 bits per heavy atom. The van der Waals surface area contributed by atoms with Crippen molar-refractivity contribution in [1.82, 2.24) is 0 Å². The summed E-state index contributed by atoms with van der Waals surface area (Å²) in [4.78, 5) is 13.7. The van der Waals surface area contributed by atoms with E-state index in [-0.39, 0.29) is 5.78 Å². The molecule has 0 spiro atoms. The summed E-state index contributed by atoms with van der Waals surface area (Å²) in [7, 11) is 0. The number of hydrogen-bond donors (Lipinski definition) is 0. The van der Waals surface area contributed by atoms with Gasteiger partial charge in [0.15, 0.2) is 5.78 Å². The molecule has 0 N–H and O–H groups in total. The quantitative estimate of drug-likeness (QED) is 0.160. The van der Waals surface area contributed by atoms with Crippen LogP contribution in [0.4, 0.5) is 0 Å². The molecule has 0 fully saturated rings. The van der Waals surface area contributed by atoms with Gasteiger partial charge in [0.1, 0.15) is 0 Å². The second kappa shape index (κ2) is 9.02. The lowest BCUT2D eigenvalue weighted by Crippen LogP contribution is -2.12. The second-order valence-corrected chi connectivity index (χ2v) is 13.4. The summed E-state index contributed by atoms with van der Waals surface area (Å²) >= 11 is 0. The lowest BCUT2D eigenvalue weighted by molar-refractivity contribution is 0.0992. The monoisotopic (exact) mass is 594 g/mol. The second-order valence-electron chi connectivity index (χ2n) is 13.4. The van der Waals surface area contributed by atoms with Crippen LogP contribution in [0.1, 0.15) is 15.9 Å². The number of hydrogen-bond acceptors (Lipinski definition) is 1. The highest BCUT2D eigenvalue weighted by molar-refractivity contribution is 6.15. The van der Waals surface area contributed by atoms with Gasteiger partial charge >= 0.3 is 0 Å². The Labute approximate surface area is 270 Å². The number of Topliss-reactive ketones (excluding diaryl/α,β-unsaturated/α-hetero) is 1. The minimum atomic E-state index is 0.192. The highest BCUT2D eigenvalue weighted by Crippen LogP contribution is 2.41. The predicted molar refractivity (Wildman–Crippen MR) is 200 cm³/mol. The molecule has 0 unspecified atom stereocenters. The zero-order valence-electron chi connectivity index (χ0n) is 25.5. The molecule has 10 aromatic rings. The molecule has 0 atom stereocenters. The SMILES string of the molecule is O=C1Cc2cc3cc4cc5cc6ccccc6cc5cc4cc3cc2-c2cc3cc4cc5cc6ccccc6cc5cc4cc3cc21. The molecule has 0 saturated carbocycles. The van der Waals surface area contributed by atoms with Gasteiger partial charge in [-0.1, -0.05) is 54.6 Å². The molecule has 1 aliphatic carbocycles. The van der Waals surface area contributed by atoms with Crippen molar-refractivity contribution >= 4 is 92.0 Å². The van der Waals surface area contributed by atoms with Gasteiger partial charge in [-0.3, -0.25) is 4.79 Å². The van der Waals surface area contributed by atoms with Crippen molar-refractivity contribution in [3.05, 3.63) is 157 Å². The fourth-order valence-corrected chi connectivity index (χ4v) is 8.16. The van der Waals surface area contributed by atoms with Gasteiger partial charge in [-0.05, 0) is 194 Å². The van der Waals surface area contributed by atoms with Crippen LogP contribution in [0.25, 0.3) is 97.3 Å². The standard InChI is InChI=1S/C46H26O/c47-46-25-42-21-38-17-34-13-30-9-26-5-1-2-6-27(26)10-31(30)14-35(34)18-39(38)22-43(42)44-23-40-19-36-15-32-11-28-7-3-4-8-29(28)12-33(32)16-37(36)20-41(40)24-45(44)46/h1-24H,25H2. The average molecular weight is 595 g/mol. The average Bonchev–Trinajstić information content (AvgIpc) is 3.08. The fourth-order valence-electron chi connectivity index (χ4n) is 8.16. The maximum absolute atomic E-state index is 13.7. The molecule has 0 saturated heterocycles. The van der Waals surface area contributed by atoms with Crippen molar-refractivity contribution in [3.8, 4) is 11.1 Å². The van der Waals surface area contributed by atoms with Crippen LogP contribution < -0.4 is 0 Å². The number of rotatable bonds is 0. The third kappa shape index (κ3) is 3.74. The lowest BCUT2D eigenvalue weighted by atomic mass is 9.81. The van der Waals surface area contributed by atoms with Gasteiger partial charge < -0.3 is 0 Å². The number of ketones is 1. The minimum Gasteiger partial charge on any atom is -0.294 e. The number of benzene rings is 10. The number of carbonyl (C=O) groups excluding carboxylic acids is 1. The van der Waals surface area contributed by atoms with Crippen molar-refractivity contribution in [2.24, 2.45) is 0 Å². The van der Waals surface area contributed by atoms with Gasteiger partial charge in [0.05, 0.1) is 0 Å².